The van der Waals surface area contributed by atoms with Crippen molar-refractivity contribution in [2.75, 3.05) is 0 Å². The Morgan fingerprint density at radius 2 is 0.714 bits per heavy atom. The van der Waals surface area contributed by atoms with Crippen LogP contribution in [0.3, 0.4) is 0 Å². The number of hydrogen-bond acceptors (Lipinski definition) is 0. The molecule has 3 aromatic carbocycles. The summed E-state index contributed by atoms with van der Waals surface area (Å²) in [5, 5.41) is 4.31. The van der Waals surface area contributed by atoms with E-state index in [-0.39, 0.29) is 0 Å². The van der Waals surface area contributed by atoms with Crippen LogP contribution in [0.15, 0.2) is 91.0 Å². The van der Waals surface area contributed by atoms with Crippen LogP contribution in [0.2, 0.25) is 0 Å². The maximum Gasteiger partial charge on any atom is 0.102 e. The maximum atomic E-state index is 2.24. The zero-order chi connectivity index (χ0) is 14.9. The molecule has 3 heteroatoms. The molecular weight excluding hydrogens is 560 g/mol. The summed E-state index contributed by atoms with van der Waals surface area (Å²) < 4.78 is 0. The van der Waals surface area contributed by atoms with Gasteiger partial charge in [-0.3, -0.25) is 0 Å². The van der Waals surface area contributed by atoms with Crippen molar-refractivity contribution in [3.8, 4) is 0 Å². The fourth-order valence-electron chi connectivity index (χ4n) is 2.31. The average Bonchev–Trinajstić information content (AvgIpc) is 2.60. The Balaban J connectivity index is 0.000000774. The van der Waals surface area contributed by atoms with E-state index in [2.05, 4.69) is 111 Å². The largest absolute Gasteiger partial charge is 0.102 e. The summed E-state index contributed by atoms with van der Waals surface area (Å²) in [5.74, 6) is 0. The predicted molar refractivity (Wildman–Crippen MR) is 101 cm³/mol. The van der Waals surface area contributed by atoms with Crippen LogP contribution in [0.1, 0.15) is 0 Å². The summed E-state index contributed by atoms with van der Waals surface area (Å²) in [5.41, 5.74) is 0. The van der Waals surface area contributed by atoms with E-state index in [1.165, 1.54) is 15.9 Å². The van der Waals surface area contributed by atoms with Gasteiger partial charge in [0.1, 0.15) is 15.9 Å². The van der Waals surface area contributed by atoms with Gasteiger partial charge >= 0.3 is 35.1 Å². The summed E-state index contributed by atoms with van der Waals surface area (Å²) >= 11 is 3.90. The van der Waals surface area contributed by atoms with Gasteiger partial charge in [-0.25, -0.2) is 0 Å². The minimum Gasteiger partial charge on any atom is -0.0620 e. The molecule has 3 rings (SSSR count). The zero-order valence-corrected chi connectivity index (χ0v) is 17.3. The van der Waals surface area contributed by atoms with E-state index >= 15 is 0 Å². The Hall–Kier alpha value is -0.518. The van der Waals surface area contributed by atoms with Crippen LogP contribution in [-0.2, 0) is 15.6 Å². The van der Waals surface area contributed by atoms with Gasteiger partial charge in [0.15, 0.2) is 0 Å². The molecule has 0 atom stereocenters. The molecule has 0 aromatic heterocycles. The zero-order valence-electron chi connectivity index (χ0n) is 11.4. The van der Waals surface area contributed by atoms with Crippen LogP contribution in [0, 0.1) is 0 Å². The molecule has 0 aliphatic heterocycles. The molecule has 0 saturated carbocycles. The normalized spacial score (nSPS) is 9.86. The fraction of sp³-hybridized carbons (Fsp3) is 0. The minimum absolute atomic E-state index is 0.877. The minimum atomic E-state index is -0.877. The van der Waals surface area contributed by atoms with Gasteiger partial charge in [0.25, 0.3) is 0 Å². The molecule has 3 aromatic rings. The quantitative estimate of drug-likeness (QED) is 0.326. The number of rotatable bonds is 3. The van der Waals surface area contributed by atoms with Crippen molar-refractivity contribution in [3.63, 3.8) is 0 Å². The van der Waals surface area contributed by atoms with Crippen molar-refractivity contribution in [2.45, 2.75) is 0 Å². The molecule has 0 amide bonds. The third-order valence-corrected chi connectivity index (χ3v) is 5.92. The van der Waals surface area contributed by atoms with E-state index in [1.54, 1.807) is 15.6 Å². The molecule has 0 aliphatic carbocycles. The molecule has 0 radical (unpaired) electrons. The first-order chi connectivity index (χ1) is 10.4. The third-order valence-electron chi connectivity index (χ3n) is 3.19. The van der Waals surface area contributed by atoms with Crippen LogP contribution in [0.5, 0.6) is 0 Å². The Labute approximate surface area is 149 Å². The van der Waals surface area contributed by atoms with Crippen molar-refractivity contribution in [3.05, 3.63) is 91.0 Å². The fourth-order valence-corrected chi connectivity index (χ4v) is 4.89. The Bertz CT molecular complexity index is 535. The van der Waals surface area contributed by atoms with Crippen LogP contribution in [-0.4, -0.2) is 0 Å². The molecule has 0 spiro atoms. The topological polar surface area (TPSA) is 0 Å². The molecule has 0 saturated heterocycles. The second-order valence-electron chi connectivity index (χ2n) is 4.47. The monoisotopic (exact) mass is 577 g/mol. The van der Waals surface area contributed by atoms with Gasteiger partial charge in [-0.2, -0.15) is 0 Å². The van der Waals surface area contributed by atoms with Gasteiger partial charge in [-0.05, 0) is 36.4 Å². The van der Waals surface area contributed by atoms with Crippen LogP contribution >= 0.6 is 27.4 Å². The number of hydrogen-bond donors (Lipinski definition) is 0. The van der Waals surface area contributed by atoms with E-state index < -0.39 is 7.92 Å². The molecule has 0 nitrogen and oxygen atoms in total. The molecule has 0 bridgehead atoms. The average molecular weight is 576 g/mol. The van der Waals surface area contributed by atoms with Crippen LogP contribution < -0.4 is 15.9 Å². The van der Waals surface area contributed by atoms with E-state index in [1.807, 2.05) is 0 Å². The van der Waals surface area contributed by atoms with Gasteiger partial charge in [0, 0.05) is 0 Å². The Morgan fingerprint density at radius 1 is 0.476 bits per heavy atom. The molecule has 0 heterocycles. The first kappa shape index (κ1) is 16.8. The first-order valence-electron chi connectivity index (χ1n) is 6.62. The Kier molecular flexibility index (Phi) is 7.61. The number of halogens is 1. The standard InChI is InChI=1S/C18H15P.HI.Re/c1-4-10-16(11-5-1)19(17-12-6-2-7-13-17)18-14-8-3-9-15-18;;/h1-15H;1H;/q;;+1. The van der Waals surface area contributed by atoms with Crippen molar-refractivity contribution < 1.29 is 15.6 Å². The van der Waals surface area contributed by atoms with Crippen molar-refractivity contribution in [1.82, 2.24) is 0 Å². The van der Waals surface area contributed by atoms with Gasteiger partial charge in [0.2, 0.25) is 0 Å². The van der Waals surface area contributed by atoms with E-state index in [0.717, 1.165) is 0 Å². The van der Waals surface area contributed by atoms with E-state index in [4.69, 9.17) is 0 Å². The second kappa shape index (κ2) is 9.49. The Morgan fingerprint density at radius 3 is 0.952 bits per heavy atom. The van der Waals surface area contributed by atoms with E-state index in [9.17, 15) is 0 Å². The summed E-state index contributed by atoms with van der Waals surface area (Å²) in [6.45, 7) is 0. The SMILES string of the molecule is [I][Re].c1ccc([PH+](c2ccccc2)c2ccccc2)cc1. The summed E-state index contributed by atoms with van der Waals surface area (Å²) in [7, 11) is -0.877. The van der Waals surface area contributed by atoms with Crippen molar-refractivity contribution >= 4 is 43.3 Å². The molecule has 106 valence electrons. The predicted octanol–water partition coefficient (Wildman–Crippen LogP) is 4.06. The van der Waals surface area contributed by atoms with Gasteiger partial charge in [0.05, 0.1) is 7.92 Å². The molecule has 0 unspecified atom stereocenters. The first-order valence-corrected chi connectivity index (χ1v) is 15.8. The smallest absolute Gasteiger partial charge is 0.0620 e. The van der Waals surface area contributed by atoms with Crippen LogP contribution in [0.4, 0.5) is 0 Å². The summed E-state index contributed by atoms with van der Waals surface area (Å²) in [6.07, 6.45) is 0. The van der Waals surface area contributed by atoms with Gasteiger partial charge < -0.3 is 0 Å². The molecule has 0 aliphatic rings. The van der Waals surface area contributed by atoms with E-state index in [0.29, 0.717) is 0 Å². The van der Waals surface area contributed by atoms with Gasteiger partial charge in [-0.15, -0.1) is 0 Å². The summed E-state index contributed by atoms with van der Waals surface area (Å²) in [6, 6.07) is 32.5. The second-order valence-corrected chi connectivity index (χ2v) is 6.96. The number of benzene rings is 3. The summed E-state index contributed by atoms with van der Waals surface area (Å²) in [4.78, 5) is 0. The third kappa shape index (κ3) is 4.73. The van der Waals surface area contributed by atoms with Crippen LogP contribution in [0.25, 0.3) is 0 Å². The molecule has 0 fully saturated rings. The van der Waals surface area contributed by atoms with Crippen molar-refractivity contribution in [2.24, 2.45) is 0 Å². The van der Waals surface area contributed by atoms with Crippen molar-refractivity contribution in [1.29, 1.82) is 0 Å². The maximum absolute atomic E-state index is 2.24. The molecule has 21 heavy (non-hydrogen) atoms. The molecular formula is C18H16IPRe+. The van der Waals surface area contributed by atoms with Gasteiger partial charge in [-0.1, -0.05) is 54.6 Å². The molecule has 0 N–H and O–H groups in total.